The number of allylic oxidation sites excluding steroid dienone is 4. The summed E-state index contributed by atoms with van der Waals surface area (Å²) in [4.78, 5) is 0. The van der Waals surface area contributed by atoms with Crippen LogP contribution in [0.1, 0.15) is 65.2 Å². The van der Waals surface area contributed by atoms with Gasteiger partial charge >= 0.3 is 164 Å². The quantitative estimate of drug-likeness (QED) is 0.182. The molecule has 0 saturated heterocycles. The summed E-state index contributed by atoms with van der Waals surface area (Å²) in [6.45, 7) is 4.72. The Morgan fingerprint density at radius 1 is 1.04 bits per heavy atom. The van der Waals surface area contributed by atoms with Crippen molar-refractivity contribution in [3.05, 3.63) is 22.1 Å². The van der Waals surface area contributed by atoms with E-state index in [0.717, 1.165) is 31.3 Å². The Balaban J connectivity index is 2.71. The molecular weight excluding hydrogens is 418 g/mol. The van der Waals surface area contributed by atoms with Crippen LogP contribution >= 0.6 is 0 Å². The fourth-order valence-corrected chi connectivity index (χ4v) is 7.13. The van der Waals surface area contributed by atoms with Gasteiger partial charge in [0.25, 0.3) is 0 Å². The first-order chi connectivity index (χ1) is 12.6. The number of unbranched alkanes of at least 4 members (excludes halogenated alkanes) is 2. The topological polar surface area (TPSA) is 38.4 Å². The SMILES string of the molecule is CCCCOC([O])(CCCC1=[C]([Ge]([CH3])([CH3])[C](F)(F)F)C=CC1)OCCCC. The molecular formula is C20H34F3GeO3. The van der Waals surface area contributed by atoms with Crippen LogP contribution in [-0.2, 0) is 14.6 Å². The summed E-state index contributed by atoms with van der Waals surface area (Å²) in [6.07, 6.45) is 8.55. The van der Waals surface area contributed by atoms with E-state index >= 15 is 0 Å². The molecule has 1 rings (SSSR count). The van der Waals surface area contributed by atoms with Crippen molar-refractivity contribution < 1.29 is 27.8 Å². The van der Waals surface area contributed by atoms with Crippen molar-refractivity contribution in [3.8, 4) is 0 Å². The molecule has 0 bridgehead atoms. The van der Waals surface area contributed by atoms with Gasteiger partial charge in [0.1, 0.15) is 0 Å². The van der Waals surface area contributed by atoms with Gasteiger partial charge in [-0.05, 0) is 0 Å². The second-order valence-electron chi connectivity index (χ2n) is 7.69. The predicted molar refractivity (Wildman–Crippen MR) is 103 cm³/mol. The molecule has 1 aliphatic carbocycles. The number of hydrogen-bond acceptors (Lipinski definition) is 2. The van der Waals surface area contributed by atoms with E-state index in [1.807, 2.05) is 19.9 Å². The second-order valence-corrected chi connectivity index (χ2v) is 16.8. The van der Waals surface area contributed by atoms with Crippen LogP contribution in [0.5, 0.6) is 0 Å². The Bertz CT molecular complexity index is 503. The molecule has 0 N–H and O–H groups in total. The molecule has 157 valence electrons. The van der Waals surface area contributed by atoms with Crippen LogP contribution in [-0.4, -0.2) is 37.5 Å². The molecule has 0 heterocycles. The Labute approximate surface area is 164 Å². The average Bonchev–Trinajstić information content (AvgIpc) is 3.03. The van der Waals surface area contributed by atoms with Crippen LogP contribution < -0.4 is 0 Å². The van der Waals surface area contributed by atoms with Gasteiger partial charge in [0.2, 0.25) is 0 Å². The minimum absolute atomic E-state index is 0.149. The van der Waals surface area contributed by atoms with E-state index in [9.17, 15) is 18.3 Å². The van der Waals surface area contributed by atoms with E-state index in [0.29, 0.717) is 36.9 Å². The van der Waals surface area contributed by atoms with E-state index in [2.05, 4.69) is 0 Å². The summed E-state index contributed by atoms with van der Waals surface area (Å²) < 4.78 is 51.7. The first-order valence-electron chi connectivity index (χ1n) is 10.0. The van der Waals surface area contributed by atoms with E-state index in [1.54, 1.807) is 6.08 Å². The van der Waals surface area contributed by atoms with Crippen LogP contribution in [0.4, 0.5) is 13.2 Å². The summed E-state index contributed by atoms with van der Waals surface area (Å²) >= 11 is -4.10. The Morgan fingerprint density at radius 2 is 1.59 bits per heavy atom. The third-order valence-electron chi connectivity index (χ3n) is 5.01. The van der Waals surface area contributed by atoms with Crippen LogP contribution in [0.25, 0.3) is 0 Å². The van der Waals surface area contributed by atoms with Gasteiger partial charge in [-0.15, -0.1) is 0 Å². The molecule has 1 aliphatic rings. The number of ether oxygens (including phenoxy) is 2. The van der Waals surface area contributed by atoms with Gasteiger partial charge in [-0.3, -0.25) is 0 Å². The molecule has 0 aromatic carbocycles. The summed E-state index contributed by atoms with van der Waals surface area (Å²) in [6, 6.07) is 0. The first kappa shape index (κ1) is 24.7. The molecule has 0 aromatic rings. The number of rotatable bonds is 13. The Morgan fingerprint density at radius 3 is 2.07 bits per heavy atom. The number of alkyl halides is 3. The predicted octanol–water partition coefficient (Wildman–Crippen LogP) is 6.48. The standard InChI is InChI=1S/C20H34F3GeO3/c1-5-7-15-26-19(25,27-16-8-6-2)14-10-12-17-11-9-13-18(17)24(3,4)20(21,22)23/h9,13H,5-8,10-12,14-16H2,1-4H3. The third kappa shape index (κ3) is 7.55. The van der Waals surface area contributed by atoms with Crippen molar-refractivity contribution in [1.82, 2.24) is 0 Å². The van der Waals surface area contributed by atoms with Crippen molar-refractivity contribution in [2.24, 2.45) is 0 Å². The first-order valence-corrected chi connectivity index (χ1v) is 16.3. The van der Waals surface area contributed by atoms with Gasteiger partial charge in [0.05, 0.1) is 0 Å². The zero-order valence-corrected chi connectivity index (χ0v) is 19.2. The van der Waals surface area contributed by atoms with Gasteiger partial charge < -0.3 is 0 Å². The zero-order chi connectivity index (χ0) is 20.6. The minimum atomic E-state index is -4.12. The van der Waals surface area contributed by atoms with Crippen molar-refractivity contribution >= 4 is 13.3 Å². The summed E-state index contributed by atoms with van der Waals surface area (Å²) in [5, 5.41) is 8.70. The zero-order valence-electron chi connectivity index (χ0n) is 17.1. The molecule has 0 amide bonds. The van der Waals surface area contributed by atoms with Gasteiger partial charge in [-0.1, -0.05) is 0 Å². The van der Waals surface area contributed by atoms with Gasteiger partial charge in [0, 0.05) is 0 Å². The molecule has 1 radical (unpaired) electrons. The van der Waals surface area contributed by atoms with Crippen molar-refractivity contribution in [3.63, 3.8) is 0 Å². The number of halogens is 3. The summed E-state index contributed by atoms with van der Waals surface area (Å²) in [5.41, 5.74) is 0.835. The van der Waals surface area contributed by atoms with Gasteiger partial charge in [-0.25, -0.2) is 0 Å². The molecule has 0 spiro atoms. The normalized spacial score (nSPS) is 15.9. The van der Waals surface area contributed by atoms with E-state index < -0.39 is 24.2 Å². The van der Waals surface area contributed by atoms with Crippen LogP contribution in [0.3, 0.4) is 0 Å². The fourth-order valence-electron chi connectivity index (χ4n) is 3.03. The molecule has 0 saturated carbocycles. The molecule has 0 unspecified atom stereocenters. The Kier molecular flexibility index (Phi) is 10.1. The molecule has 3 nitrogen and oxygen atoms in total. The van der Waals surface area contributed by atoms with Gasteiger partial charge in [-0.2, -0.15) is 0 Å². The number of hydrogen-bond donors (Lipinski definition) is 0. The van der Waals surface area contributed by atoms with Crippen molar-refractivity contribution in [2.75, 3.05) is 13.2 Å². The molecule has 0 aliphatic heterocycles. The summed E-state index contributed by atoms with van der Waals surface area (Å²) in [5.74, 6) is 0.896. The average molecular weight is 452 g/mol. The van der Waals surface area contributed by atoms with Crippen LogP contribution in [0.2, 0.25) is 11.5 Å². The maximum absolute atomic E-state index is 13.4. The van der Waals surface area contributed by atoms with E-state index in [-0.39, 0.29) is 6.42 Å². The van der Waals surface area contributed by atoms with Crippen LogP contribution in [0, 0.1) is 0 Å². The molecule has 7 heteroatoms. The summed E-state index contributed by atoms with van der Waals surface area (Å²) in [7, 11) is 0. The van der Waals surface area contributed by atoms with Crippen LogP contribution in [0.15, 0.2) is 22.1 Å². The molecule has 0 atom stereocenters. The Hall–Kier alpha value is -0.307. The van der Waals surface area contributed by atoms with Crippen molar-refractivity contribution in [1.29, 1.82) is 0 Å². The molecule has 27 heavy (non-hydrogen) atoms. The molecule has 0 fully saturated rings. The third-order valence-corrected chi connectivity index (χ3v) is 11.9. The van der Waals surface area contributed by atoms with Gasteiger partial charge in [0.15, 0.2) is 0 Å². The van der Waals surface area contributed by atoms with E-state index in [1.165, 1.54) is 11.5 Å². The second kappa shape index (κ2) is 11.0. The fraction of sp³-hybridized carbons (Fsp3) is 0.800. The maximum atomic E-state index is 13.4. The van der Waals surface area contributed by atoms with Crippen molar-refractivity contribution in [2.45, 2.75) is 87.7 Å². The monoisotopic (exact) mass is 453 g/mol. The van der Waals surface area contributed by atoms with E-state index in [4.69, 9.17) is 9.47 Å². The molecule has 0 aromatic heterocycles.